The minimum absolute atomic E-state index is 0.111. The first-order chi connectivity index (χ1) is 15.8. The molecule has 2 saturated heterocycles. The number of rotatable bonds is 4. The van der Waals surface area contributed by atoms with Crippen molar-refractivity contribution in [3.05, 3.63) is 52.6 Å². The molecule has 3 aliphatic heterocycles. The van der Waals surface area contributed by atoms with Crippen molar-refractivity contribution >= 4 is 22.8 Å². The lowest BCUT2D eigenvalue weighted by Crippen LogP contribution is -2.47. The van der Waals surface area contributed by atoms with Gasteiger partial charge in [-0.2, -0.15) is 0 Å². The van der Waals surface area contributed by atoms with E-state index >= 15 is 0 Å². The van der Waals surface area contributed by atoms with Crippen LogP contribution in [0.5, 0.6) is 0 Å². The Morgan fingerprint density at radius 3 is 2.50 bits per heavy atom. The number of carbonyl (C=O) groups is 1. The molecular formula is C25H30N4O3. The van der Waals surface area contributed by atoms with E-state index in [0.717, 1.165) is 98.0 Å². The Kier molecular flexibility index (Phi) is 5.05. The molecule has 2 aromatic carbocycles. The minimum Gasteiger partial charge on any atom is -0.395 e. The summed E-state index contributed by atoms with van der Waals surface area (Å²) in [4.78, 5) is 27.0. The number of benzene rings is 2. The van der Waals surface area contributed by atoms with Gasteiger partial charge >= 0.3 is 0 Å². The average molecular weight is 435 g/mol. The first kappa shape index (κ1) is 20.0. The number of aliphatic hydroxyl groups is 1. The van der Waals surface area contributed by atoms with E-state index in [4.69, 9.17) is 4.84 Å². The standard InChI is InChI=1S/C25H30N4O3/c30-15-14-27-10-12-29(13-11-27)20-16-19(28-8-4-1-5-9-28)21-22-23(20)26-32-25(22)18-7-3-2-6-17(18)24(21)31/h2-3,6-7,16,25-26,30H,1,4-5,8-15H2. The number of aliphatic hydroxyl groups excluding tert-OH is 1. The number of piperidine rings is 1. The summed E-state index contributed by atoms with van der Waals surface area (Å²) in [6.07, 6.45) is 3.32. The maximum Gasteiger partial charge on any atom is 0.195 e. The molecule has 0 aromatic heterocycles. The van der Waals surface area contributed by atoms with Crippen LogP contribution >= 0.6 is 0 Å². The monoisotopic (exact) mass is 434 g/mol. The first-order valence-electron chi connectivity index (χ1n) is 11.9. The van der Waals surface area contributed by atoms with Crippen LogP contribution in [0.4, 0.5) is 17.1 Å². The average Bonchev–Trinajstić information content (AvgIpc) is 3.29. The third kappa shape index (κ3) is 3.10. The van der Waals surface area contributed by atoms with Crippen molar-refractivity contribution in [2.45, 2.75) is 25.4 Å². The zero-order valence-corrected chi connectivity index (χ0v) is 18.3. The first-order valence-corrected chi connectivity index (χ1v) is 11.9. The lowest BCUT2D eigenvalue weighted by atomic mass is 9.81. The van der Waals surface area contributed by atoms with E-state index in [2.05, 4.69) is 26.2 Å². The highest BCUT2D eigenvalue weighted by molar-refractivity contribution is 6.18. The second-order valence-electron chi connectivity index (χ2n) is 9.19. The number of fused-ring (bicyclic) bond motifs is 2. The molecule has 2 fully saturated rings. The molecule has 0 saturated carbocycles. The molecule has 1 aliphatic carbocycles. The van der Waals surface area contributed by atoms with Crippen LogP contribution in [-0.2, 0) is 4.84 Å². The highest BCUT2D eigenvalue weighted by Crippen LogP contribution is 2.52. The molecule has 6 rings (SSSR count). The number of hydrogen-bond donors (Lipinski definition) is 2. The molecule has 0 amide bonds. The van der Waals surface area contributed by atoms with E-state index in [1.165, 1.54) is 6.42 Å². The number of β-amino-alcohol motifs (C(OH)–C–C–N with tert-alkyl or cyclic N) is 1. The van der Waals surface area contributed by atoms with Crippen molar-refractivity contribution in [2.24, 2.45) is 0 Å². The highest BCUT2D eigenvalue weighted by Gasteiger charge is 2.42. The molecule has 7 heteroatoms. The van der Waals surface area contributed by atoms with Crippen molar-refractivity contribution in [3.8, 4) is 0 Å². The maximum atomic E-state index is 13.7. The zero-order chi connectivity index (χ0) is 21.7. The summed E-state index contributed by atoms with van der Waals surface area (Å²) in [6.45, 7) is 6.52. The Morgan fingerprint density at radius 1 is 0.969 bits per heavy atom. The second kappa shape index (κ2) is 8.06. The Labute approximate surface area is 188 Å². The molecule has 1 atom stereocenters. The number of nitrogens with zero attached hydrogens (tertiary/aromatic N) is 3. The molecule has 4 aliphatic rings. The van der Waals surface area contributed by atoms with Gasteiger partial charge in [0.15, 0.2) is 5.78 Å². The van der Waals surface area contributed by atoms with E-state index in [0.29, 0.717) is 0 Å². The quantitative estimate of drug-likeness (QED) is 0.767. The van der Waals surface area contributed by atoms with Gasteiger partial charge in [0, 0.05) is 56.9 Å². The topological polar surface area (TPSA) is 68.3 Å². The van der Waals surface area contributed by atoms with Crippen LogP contribution in [0, 0.1) is 0 Å². The Bertz CT molecular complexity index is 1040. The van der Waals surface area contributed by atoms with Gasteiger partial charge in [0.1, 0.15) is 6.10 Å². The van der Waals surface area contributed by atoms with Gasteiger partial charge in [-0.3, -0.25) is 20.0 Å². The van der Waals surface area contributed by atoms with Gasteiger partial charge < -0.3 is 14.9 Å². The summed E-state index contributed by atoms with van der Waals surface area (Å²) in [7, 11) is 0. The van der Waals surface area contributed by atoms with Crippen molar-refractivity contribution in [2.75, 3.05) is 67.7 Å². The number of carbonyl (C=O) groups excluding carboxylic acids is 1. The van der Waals surface area contributed by atoms with Crippen LogP contribution in [0.25, 0.3) is 0 Å². The van der Waals surface area contributed by atoms with E-state index in [9.17, 15) is 9.90 Å². The van der Waals surface area contributed by atoms with Gasteiger partial charge in [-0.25, -0.2) is 0 Å². The predicted molar refractivity (Wildman–Crippen MR) is 125 cm³/mol. The third-order valence-electron chi connectivity index (χ3n) is 7.41. The molecule has 168 valence electrons. The summed E-state index contributed by atoms with van der Waals surface area (Å²) in [5.41, 5.74) is 9.87. The van der Waals surface area contributed by atoms with E-state index in [-0.39, 0.29) is 18.5 Å². The normalized spacial score (nSPS) is 22.5. The predicted octanol–water partition coefficient (Wildman–Crippen LogP) is 2.78. The number of anilines is 3. The van der Waals surface area contributed by atoms with Crippen molar-refractivity contribution in [3.63, 3.8) is 0 Å². The van der Waals surface area contributed by atoms with Gasteiger partial charge in [0.25, 0.3) is 0 Å². The second-order valence-corrected chi connectivity index (χ2v) is 9.19. The summed E-state index contributed by atoms with van der Waals surface area (Å²) >= 11 is 0. The molecule has 7 nitrogen and oxygen atoms in total. The molecule has 32 heavy (non-hydrogen) atoms. The third-order valence-corrected chi connectivity index (χ3v) is 7.41. The molecule has 0 spiro atoms. The van der Waals surface area contributed by atoms with Crippen molar-refractivity contribution in [1.82, 2.24) is 4.90 Å². The van der Waals surface area contributed by atoms with Crippen molar-refractivity contribution < 1.29 is 14.7 Å². The molecule has 0 bridgehead atoms. The van der Waals surface area contributed by atoms with E-state index < -0.39 is 0 Å². The van der Waals surface area contributed by atoms with E-state index in [1.807, 2.05) is 24.3 Å². The molecule has 3 heterocycles. The Balaban J connectivity index is 1.47. The number of hydrogen-bond acceptors (Lipinski definition) is 7. The Morgan fingerprint density at radius 2 is 1.72 bits per heavy atom. The SMILES string of the molecule is O=C1c2ccccc2C2ONc3c(N4CCN(CCO)CC4)cc(N4CCCCC4)c1c32. The van der Waals surface area contributed by atoms with Crippen LogP contribution in [0.3, 0.4) is 0 Å². The van der Waals surface area contributed by atoms with Crippen LogP contribution in [0.2, 0.25) is 0 Å². The number of nitrogens with one attached hydrogen (secondary N) is 1. The molecule has 2 N–H and O–H groups in total. The van der Waals surface area contributed by atoms with Crippen LogP contribution in [0.1, 0.15) is 52.4 Å². The fraction of sp³-hybridized carbons (Fsp3) is 0.480. The van der Waals surface area contributed by atoms with Gasteiger partial charge in [-0.15, -0.1) is 0 Å². The largest absolute Gasteiger partial charge is 0.395 e. The van der Waals surface area contributed by atoms with Gasteiger partial charge in [0.2, 0.25) is 0 Å². The molecule has 0 radical (unpaired) electrons. The van der Waals surface area contributed by atoms with Crippen LogP contribution < -0.4 is 15.3 Å². The van der Waals surface area contributed by atoms with Gasteiger partial charge in [-0.1, -0.05) is 24.3 Å². The van der Waals surface area contributed by atoms with Crippen LogP contribution in [-0.4, -0.2) is 68.2 Å². The maximum absolute atomic E-state index is 13.7. The minimum atomic E-state index is -0.256. The van der Waals surface area contributed by atoms with Crippen LogP contribution in [0.15, 0.2) is 30.3 Å². The summed E-state index contributed by atoms with van der Waals surface area (Å²) in [6, 6.07) is 10.1. The summed E-state index contributed by atoms with van der Waals surface area (Å²) in [5, 5.41) is 9.29. The fourth-order valence-corrected chi connectivity index (χ4v) is 5.73. The van der Waals surface area contributed by atoms with Gasteiger partial charge in [-0.05, 0) is 30.9 Å². The Hall–Kier alpha value is -2.61. The fourth-order valence-electron chi connectivity index (χ4n) is 5.73. The lowest BCUT2D eigenvalue weighted by molar-refractivity contribution is 0.101. The number of ketones is 1. The zero-order valence-electron chi connectivity index (χ0n) is 18.3. The van der Waals surface area contributed by atoms with Crippen molar-refractivity contribution in [1.29, 1.82) is 0 Å². The molecular weight excluding hydrogens is 404 g/mol. The summed E-state index contributed by atoms with van der Waals surface area (Å²) in [5.74, 6) is 0.111. The molecule has 2 aromatic rings. The molecule has 1 unspecified atom stereocenters. The smallest absolute Gasteiger partial charge is 0.195 e. The van der Waals surface area contributed by atoms with E-state index in [1.54, 1.807) is 0 Å². The van der Waals surface area contributed by atoms with Gasteiger partial charge in [0.05, 0.1) is 29.2 Å². The summed E-state index contributed by atoms with van der Waals surface area (Å²) < 4.78 is 0. The highest BCUT2D eigenvalue weighted by atomic mass is 16.7. The number of piperazine rings is 1. The lowest BCUT2D eigenvalue weighted by Gasteiger charge is -2.38.